The lowest BCUT2D eigenvalue weighted by molar-refractivity contribution is -0.388. The van der Waals surface area contributed by atoms with E-state index < -0.39 is 4.92 Å². The van der Waals surface area contributed by atoms with Gasteiger partial charge in [0, 0.05) is 6.54 Å². The normalized spacial score (nSPS) is 9.88. The fourth-order valence-electron chi connectivity index (χ4n) is 1.21. The third-order valence-electron chi connectivity index (χ3n) is 1.99. The molecule has 1 aromatic rings. The Hall–Kier alpha value is -1.95. The predicted molar refractivity (Wildman–Crippen MR) is 65.0 cm³/mol. The Labute approximate surface area is 99.5 Å². The Morgan fingerprint density at radius 3 is 3.12 bits per heavy atom. The summed E-state index contributed by atoms with van der Waals surface area (Å²) in [6.07, 6.45) is 3.97. The summed E-state index contributed by atoms with van der Waals surface area (Å²) < 4.78 is 5.27. The molecule has 1 heterocycles. The molecule has 0 radical (unpaired) electrons. The van der Waals surface area contributed by atoms with Gasteiger partial charge in [0.05, 0.1) is 13.2 Å². The molecule has 6 heteroatoms. The van der Waals surface area contributed by atoms with Crippen LogP contribution in [0.3, 0.4) is 0 Å². The molecule has 0 spiro atoms. The number of rotatable bonds is 8. The number of ether oxygens (including phenoxy) is 1. The van der Waals surface area contributed by atoms with Crippen LogP contribution in [0.4, 0.5) is 11.5 Å². The van der Waals surface area contributed by atoms with E-state index in [2.05, 4.69) is 16.9 Å². The van der Waals surface area contributed by atoms with Crippen LogP contribution in [0.25, 0.3) is 0 Å². The van der Waals surface area contributed by atoms with Crippen molar-refractivity contribution < 1.29 is 9.66 Å². The summed E-state index contributed by atoms with van der Waals surface area (Å²) in [6.45, 7) is 5.18. The van der Waals surface area contributed by atoms with E-state index in [4.69, 9.17) is 4.74 Å². The van der Waals surface area contributed by atoms with Gasteiger partial charge >= 0.3 is 5.82 Å². The quantitative estimate of drug-likeness (QED) is 0.324. The highest BCUT2D eigenvalue weighted by Crippen LogP contribution is 2.19. The first-order valence-electron chi connectivity index (χ1n) is 5.27. The van der Waals surface area contributed by atoms with Crippen LogP contribution in [0.15, 0.2) is 31.0 Å². The fourth-order valence-corrected chi connectivity index (χ4v) is 1.21. The maximum Gasteiger partial charge on any atom is 0.386 e. The van der Waals surface area contributed by atoms with E-state index in [0.29, 0.717) is 25.4 Å². The van der Waals surface area contributed by atoms with Crippen LogP contribution in [0.2, 0.25) is 0 Å². The average molecular weight is 237 g/mol. The predicted octanol–water partition coefficient (Wildman–Crippen LogP) is 1.99. The largest absolute Gasteiger partial charge is 0.386 e. The Kier molecular flexibility index (Phi) is 5.67. The first-order chi connectivity index (χ1) is 8.25. The highest BCUT2D eigenvalue weighted by molar-refractivity contribution is 5.56. The summed E-state index contributed by atoms with van der Waals surface area (Å²) in [5.74, 6) is -0.168. The molecule has 0 unspecified atom stereocenters. The summed E-state index contributed by atoms with van der Waals surface area (Å²) in [7, 11) is 0. The van der Waals surface area contributed by atoms with Gasteiger partial charge in [0.1, 0.15) is 11.9 Å². The maximum atomic E-state index is 10.7. The molecule has 17 heavy (non-hydrogen) atoms. The monoisotopic (exact) mass is 237 g/mol. The van der Waals surface area contributed by atoms with Crippen molar-refractivity contribution in [1.82, 2.24) is 4.98 Å². The Morgan fingerprint density at radius 1 is 1.59 bits per heavy atom. The molecule has 0 saturated heterocycles. The molecule has 0 atom stereocenters. The van der Waals surface area contributed by atoms with Crippen molar-refractivity contribution >= 4 is 11.5 Å². The van der Waals surface area contributed by atoms with Crippen molar-refractivity contribution in [3.63, 3.8) is 0 Å². The summed E-state index contributed by atoms with van der Waals surface area (Å²) in [4.78, 5) is 13.8. The third kappa shape index (κ3) is 4.60. The van der Waals surface area contributed by atoms with Gasteiger partial charge in [0.15, 0.2) is 0 Å². The van der Waals surface area contributed by atoms with Crippen LogP contribution in [-0.4, -0.2) is 29.7 Å². The Morgan fingerprint density at radius 2 is 2.41 bits per heavy atom. The lowest BCUT2D eigenvalue weighted by Gasteiger charge is -2.06. The second-order valence-electron chi connectivity index (χ2n) is 3.25. The zero-order chi connectivity index (χ0) is 12.5. The van der Waals surface area contributed by atoms with Gasteiger partial charge in [-0.3, -0.25) is 0 Å². The van der Waals surface area contributed by atoms with Gasteiger partial charge in [-0.2, -0.15) is 0 Å². The standard InChI is InChI=1S/C11H15N3O3/c1-2-3-8-17-9-7-12-10-5-4-6-13-11(10)14(15)16/h2,4-6,12H,1,3,7-9H2. The van der Waals surface area contributed by atoms with Crippen molar-refractivity contribution in [2.45, 2.75) is 6.42 Å². The second kappa shape index (κ2) is 7.34. The number of aromatic nitrogens is 1. The van der Waals surface area contributed by atoms with E-state index in [1.165, 1.54) is 6.20 Å². The summed E-state index contributed by atoms with van der Waals surface area (Å²) >= 11 is 0. The number of pyridine rings is 1. The molecule has 0 saturated carbocycles. The van der Waals surface area contributed by atoms with E-state index in [-0.39, 0.29) is 5.82 Å². The number of hydrogen-bond donors (Lipinski definition) is 1. The molecular formula is C11H15N3O3. The second-order valence-corrected chi connectivity index (χ2v) is 3.25. The van der Waals surface area contributed by atoms with E-state index in [0.717, 1.165) is 6.42 Å². The highest BCUT2D eigenvalue weighted by atomic mass is 16.6. The van der Waals surface area contributed by atoms with Crippen LogP contribution in [-0.2, 0) is 4.74 Å². The lowest BCUT2D eigenvalue weighted by Crippen LogP contribution is -2.11. The molecule has 92 valence electrons. The smallest absolute Gasteiger partial charge is 0.379 e. The number of anilines is 1. The minimum absolute atomic E-state index is 0.168. The zero-order valence-corrected chi connectivity index (χ0v) is 9.46. The van der Waals surface area contributed by atoms with Crippen LogP contribution in [0, 0.1) is 10.1 Å². The van der Waals surface area contributed by atoms with Crippen molar-refractivity contribution in [3.8, 4) is 0 Å². The van der Waals surface area contributed by atoms with E-state index in [1.54, 1.807) is 18.2 Å². The van der Waals surface area contributed by atoms with Crippen molar-refractivity contribution in [2.75, 3.05) is 25.1 Å². The fraction of sp³-hybridized carbons (Fsp3) is 0.364. The van der Waals surface area contributed by atoms with Crippen molar-refractivity contribution in [2.24, 2.45) is 0 Å². The van der Waals surface area contributed by atoms with Crippen molar-refractivity contribution in [1.29, 1.82) is 0 Å². The molecule has 0 aliphatic rings. The summed E-state index contributed by atoms with van der Waals surface area (Å²) in [5, 5.41) is 13.6. The first kappa shape index (κ1) is 13.1. The molecule has 0 aliphatic carbocycles. The van der Waals surface area contributed by atoms with E-state index in [9.17, 15) is 10.1 Å². The maximum absolute atomic E-state index is 10.7. The zero-order valence-electron chi connectivity index (χ0n) is 9.46. The van der Waals surface area contributed by atoms with Gasteiger partial charge < -0.3 is 20.2 Å². The Balaban J connectivity index is 2.36. The topological polar surface area (TPSA) is 77.3 Å². The van der Waals surface area contributed by atoms with Gasteiger partial charge in [-0.05, 0) is 28.5 Å². The summed E-state index contributed by atoms with van der Waals surface area (Å²) in [6, 6.07) is 3.27. The highest BCUT2D eigenvalue weighted by Gasteiger charge is 2.12. The molecule has 0 amide bonds. The number of hydrogen-bond acceptors (Lipinski definition) is 5. The van der Waals surface area contributed by atoms with Gasteiger partial charge in [-0.15, -0.1) is 6.58 Å². The minimum Gasteiger partial charge on any atom is -0.379 e. The van der Waals surface area contributed by atoms with Crippen LogP contribution >= 0.6 is 0 Å². The van der Waals surface area contributed by atoms with Gasteiger partial charge in [0.25, 0.3) is 0 Å². The number of nitrogens with zero attached hydrogens (tertiary/aromatic N) is 2. The SMILES string of the molecule is C=CCCOCCNc1cccnc1[N+](=O)[O-]. The molecule has 0 aliphatic heterocycles. The molecule has 0 bridgehead atoms. The van der Waals surface area contributed by atoms with Gasteiger partial charge in [0.2, 0.25) is 0 Å². The number of nitro groups is 1. The molecule has 0 aromatic carbocycles. The van der Waals surface area contributed by atoms with E-state index in [1.807, 2.05) is 0 Å². The molecule has 0 fully saturated rings. The molecular weight excluding hydrogens is 222 g/mol. The molecule has 1 rings (SSSR count). The van der Waals surface area contributed by atoms with Crippen LogP contribution in [0.5, 0.6) is 0 Å². The summed E-state index contributed by atoms with van der Waals surface area (Å²) in [5.41, 5.74) is 0.407. The molecule has 6 nitrogen and oxygen atoms in total. The van der Waals surface area contributed by atoms with Gasteiger partial charge in [-0.1, -0.05) is 6.08 Å². The molecule has 1 N–H and O–H groups in total. The lowest BCUT2D eigenvalue weighted by atomic mass is 10.4. The van der Waals surface area contributed by atoms with Crippen LogP contribution in [0.1, 0.15) is 6.42 Å². The molecule has 1 aromatic heterocycles. The first-order valence-corrected chi connectivity index (χ1v) is 5.27. The Bertz CT molecular complexity index is 382. The van der Waals surface area contributed by atoms with Crippen molar-refractivity contribution in [3.05, 3.63) is 41.1 Å². The minimum atomic E-state index is -0.513. The average Bonchev–Trinajstić information content (AvgIpc) is 2.34. The number of nitrogens with one attached hydrogen (secondary N) is 1. The van der Waals surface area contributed by atoms with E-state index >= 15 is 0 Å². The third-order valence-corrected chi connectivity index (χ3v) is 1.99. The van der Waals surface area contributed by atoms with Gasteiger partial charge in [-0.25, -0.2) is 0 Å². The van der Waals surface area contributed by atoms with Crippen LogP contribution < -0.4 is 5.32 Å².